The Morgan fingerprint density at radius 3 is 2.43 bits per heavy atom. The predicted octanol–water partition coefficient (Wildman–Crippen LogP) is 2.69. The molecule has 1 aliphatic heterocycles. The molecule has 0 amide bonds. The van der Waals surface area contributed by atoms with Crippen LogP contribution in [0.4, 0.5) is 0 Å². The van der Waals surface area contributed by atoms with Crippen molar-refractivity contribution in [1.29, 1.82) is 0 Å². The van der Waals surface area contributed by atoms with E-state index >= 15 is 0 Å². The normalized spacial score (nSPS) is 18.5. The zero-order valence-corrected chi connectivity index (χ0v) is 13.4. The van der Waals surface area contributed by atoms with Crippen LogP contribution in [-0.4, -0.2) is 43.9 Å². The maximum absolute atomic E-state index is 9.61. The molecule has 0 saturated carbocycles. The van der Waals surface area contributed by atoms with E-state index in [1.54, 1.807) is 14.2 Å². The lowest BCUT2D eigenvalue weighted by molar-refractivity contribution is 0.0380. The topological polar surface area (TPSA) is 41.9 Å². The standard InChI is InChI=1S/C17H27NO3/c1-4-17(13-19)8-10-18(11-9-17)12-14-6-5-7-15(20-2)16(14)21-3/h5-7,19H,4,8-13H2,1-3H3. The van der Waals surface area contributed by atoms with E-state index in [2.05, 4.69) is 17.9 Å². The molecular weight excluding hydrogens is 266 g/mol. The van der Waals surface area contributed by atoms with Crippen molar-refractivity contribution in [2.45, 2.75) is 32.7 Å². The molecule has 0 radical (unpaired) electrons. The van der Waals surface area contributed by atoms with E-state index in [1.807, 2.05) is 12.1 Å². The Balaban J connectivity index is 2.04. The third-order valence-electron chi connectivity index (χ3n) is 4.88. The van der Waals surface area contributed by atoms with Gasteiger partial charge in [0.25, 0.3) is 0 Å². The summed E-state index contributed by atoms with van der Waals surface area (Å²) in [4.78, 5) is 2.43. The summed E-state index contributed by atoms with van der Waals surface area (Å²) < 4.78 is 10.9. The zero-order chi connectivity index (χ0) is 15.3. The number of methoxy groups -OCH3 is 2. The fourth-order valence-corrected chi connectivity index (χ4v) is 3.13. The first-order chi connectivity index (χ1) is 10.2. The number of aliphatic hydroxyl groups is 1. The Morgan fingerprint density at radius 1 is 1.19 bits per heavy atom. The van der Waals surface area contributed by atoms with Gasteiger partial charge in [-0.2, -0.15) is 0 Å². The van der Waals surface area contributed by atoms with Gasteiger partial charge in [-0.05, 0) is 43.8 Å². The van der Waals surface area contributed by atoms with Crippen LogP contribution >= 0.6 is 0 Å². The quantitative estimate of drug-likeness (QED) is 0.875. The van der Waals surface area contributed by atoms with Crippen molar-refractivity contribution in [3.8, 4) is 11.5 Å². The smallest absolute Gasteiger partial charge is 0.165 e. The minimum absolute atomic E-state index is 0.134. The van der Waals surface area contributed by atoms with E-state index in [1.165, 1.54) is 0 Å². The van der Waals surface area contributed by atoms with E-state index in [4.69, 9.17) is 9.47 Å². The number of nitrogens with zero attached hydrogens (tertiary/aromatic N) is 1. The summed E-state index contributed by atoms with van der Waals surface area (Å²) in [5.41, 5.74) is 1.29. The Morgan fingerprint density at radius 2 is 1.90 bits per heavy atom. The second kappa shape index (κ2) is 7.14. The number of hydrogen-bond acceptors (Lipinski definition) is 4. The number of para-hydroxylation sites is 1. The van der Waals surface area contributed by atoms with E-state index in [0.717, 1.165) is 56.0 Å². The van der Waals surface area contributed by atoms with Crippen molar-refractivity contribution in [1.82, 2.24) is 4.90 Å². The van der Waals surface area contributed by atoms with Gasteiger partial charge in [0, 0.05) is 18.7 Å². The monoisotopic (exact) mass is 293 g/mol. The van der Waals surface area contributed by atoms with E-state index in [0.29, 0.717) is 6.61 Å². The van der Waals surface area contributed by atoms with Gasteiger partial charge in [0.1, 0.15) is 0 Å². The van der Waals surface area contributed by atoms with Crippen molar-refractivity contribution in [2.75, 3.05) is 33.9 Å². The molecule has 118 valence electrons. The molecule has 1 saturated heterocycles. The van der Waals surface area contributed by atoms with Gasteiger partial charge >= 0.3 is 0 Å². The van der Waals surface area contributed by atoms with Crippen LogP contribution in [0, 0.1) is 5.41 Å². The third-order valence-corrected chi connectivity index (χ3v) is 4.88. The lowest BCUT2D eigenvalue weighted by atomic mass is 9.77. The highest BCUT2D eigenvalue weighted by molar-refractivity contribution is 5.46. The second-order valence-electron chi connectivity index (χ2n) is 5.94. The highest BCUT2D eigenvalue weighted by atomic mass is 16.5. The van der Waals surface area contributed by atoms with Gasteiger partial charge in [-0.1, -0.05) is 19.1 Å². The van der Waals surface area contributed by atoms with Gasteiger partial charge in [0.05, 0.1) is 14.2 Å². The molecule has 1 heterocycles. The van der Waals surface area contributed by atoms with Gasteiger partial charge in [0.15, 0.2) is 11.5 Å². The fraction of sp³-hybridized carbons (Fsp3) is 0.647. The van der Waals surface area contributed by atoms with Crippen LogP contribution in [0.3, 0.4) is 0 Å². The summed E-state index contributed by atoms with van der Waals surface area (Å²) in [6.45, 7) is 5.39. The van der Waals surface area contributed by atoms with Crippen LogP contribution in [0.2, 0.25) is 0 Å². The lowest BCUT2D eigenvalue weighted by Crippen LogP contribution is -2.41. The Bertz CT molecular complexity index is 447. The third kappa shape index (κ3) is 3.50. The fourth-order valence-electron chi connectivity index (χ4n) is 3.13. The summed E-state index contributed by atoms with van der Waals surface area (Å²) in [7, 11) is 3.35. The number of hydrogen-bond donors (Lipinski definition) is 1. The first kappa shape index (κ1) is 16.1. The summed E-state index contributed by atoms with van der Waals surface area (Å²) in [5, 5.41) is 9.61. The van der Waals surface area contributed by atoms with Crippen LogP contribution in [0.5, 0.6) is 11.5 Å². The molecule has 4 heteroatoms. The molecule has 1 aromatic carbocycles. The zero-order valence-electron chi connectivity index (χ0n) is 13.4. The van der Waals surface area contributed by atoms with Gasteiger partial charge in [-0.15, -0.1) is 0 Å². The lowest BCUT2D eigenvalue weighted by Gasteiger charge is -2.40. The molecule has 0 spiro atoms. The highest BCUT2D eigenvalue weighted by Gasteiger charge is 2.32. The van der Waals surface area contributed by atoms with Crippen molar-refractivity contribution >= 4 is 0 Å². The molecular formula is C17H27NO3. The molecule has 0 aliphatic carbocycles. The van der Waals surface area contributed by atoms with Crippen molar-refractivity contribution in [2.24, 2.45) is 5.41 Å². The molecule has 0 bridgehead atoms. The molecule has 0 aromatic heterocycles. The van der Waals surface area contributed by atoms with Crippen LogP contribution < -0.4 is 9.47 Å². The minimum atomic E-state index is 0.134. The molecule has 1 fully saturated rings. The number of aliphatic hydroxyl groups excluding tert-OH is 1. The van der Waals surface area contributed by atoms with E-state index in [9.17, 15) is 5.11 Å². The summed E-state index contributed by atoms with van der Waals surface area (Å²) in [6.07, 6.45) is 3.18. The molecule has 4 nitrogen and oxygen atoms in total. The largest absolute Gasteiger partial charge is 0.493 e. The number of likely N-dealkylation sites (tertiary alicyclic amines) is 1. The average Bonchev–Trinajstić information content (AvgIpc) is 2.55. The molecule has 0 unspecified atom stereocenters. The second-order valence-corrected chi connectivity index (χ2v) is 5.94. The van der Waals surface area contributed by atoms with Gasteiger partial charge < -0.3 is 14.6 Å². The van der Waals surface area contributed by atoms with E-state index in [-0.39, 0.29) is 5.41 Å². The number of rotatable bonds is 6. The maximum atomic E-state index is 9.61. The molecule has 0 atom stereocenters. The van der Waals surface area contributed by atoms with Gasteiger partial charge in [-0.25, -0.2) is 0 Å². The van der Waals surface area contributed by atoms with Crippen LogP contribution in [0.15, 0.2) is 18.2 Å². The summed E-state index contributed by atoms with van der Waals surface area (Å²) in [5.74, 6) is 1.61. The van der Waals surface area contributed by atoms with Gasteiger partial charge in [-0.3, -0.25) is 4.90 Å². The average molecular weight is 293 g/mol. The predicted molar refractivity (Wildman–Crippen MR) is 83.9 cm³/mol. The van der Waals surface area contributed by atoms with Crippen molar-refractivity contribution < 1.29 is 14.6 Å². The van der Waals surface area contributed by atoms with E-state index < -0.39 is 0 Å². The summed E-state index contributed by atoms with van der Waals surface area (Å²) in [6, 6.07) is 6.02. The molecule has 2 rings (SSSR count). The minimum Gasteiger partial charge on any atom is -0.493 e. The molecule has 1 aliphatic rings. The number of piperidine rings is 1. The van der Waals surface area contributed by atoms with Gasteiger partial charge in [0.2, 0.25) is 0 Å². The molecule has 1 N–H and O–H groups in total. The van der Waals surface area contributed by atoms with Crippen molar-refractivity contribution in [3.05, 3.63) is 23.8 Å². The van der Waals surface area contributed by atoms with Crippen LogP contribution in [0.1, 0.15) is 31.7 Å². The number of benzene rings is 1. The first-order valence-electron chi connectivity index (χ1n) is 7.71. The first-order valence-corrected chi connectivity index (χ1v) is 7.71. The Kier molecular flexibility index (Phi) is 5.48. The Hall–Kier alpha value is -1.26. The summed E-state index contributed by atoms with van der Waals surface area (Å²) >= 11 is 0. The van der Waals surface area contributed by atoms with Crippen LogP contribution in [0.25, 0.3) is 0 Å². The SMILES string of the molecule is CCC1(CO)CCN(Cc2cccc(OC)c2OC)CC1. The van der Waals surface area contributed by atoms with Crippen molar-refractivity contribution in [3.63, 3.8) is 0 Å². The maximum Gasteiger partial charge on any atom is 0.165 e. The van der Waals surface area contributed by atoms with Crippen LogP contribution in [-0.2, 0) is 6.54 Å². The Labute approximate surface area is 127 Å². The molecule has 21 heavy (non-hydrogen) atoms. The molecule has 1 aromatic rings. The highest BCUT2D eigenvalue weighted by Crippen LogP contribution is 2.36. The number of ether oxygens (including phenoxy) is 2.